The Kier molecular flexibility index (Phi) is 5.32. The number of hydrogen-bond donors (Lipinski definition) is 2. The van der Waals surface area contributed by atoms with Gasteiger partial charge < -0.3 is 10.6 Å². The number of hydrogen-bond acceptors (Lipinski definition) is 4. The van der Waals surface area contributed by atoms with Gasteiger partial charge >= 0.3 is 17.8 Å². The van der Waals surface area contributed by atoms with Gasteiger partial charge in [-0.1, -0.05) is 0 Å². The molecule has 0 aromatic rings. The van der Waals surface area contributed by atoms with Gasteiger partial charge in [0.1, 0.15) is 0 Å². The maximum atomic E-state index is 15.4. The summed E-state index contributed by atoms with van der Waals surface area (Å²) in [7, 11) is 0. The van der Waals surface area contributed by atoms with Crippen molar-refractivity contribution in [3.05, 3.63) is 44.3 Å². The van der Waals surface area contributed by atoms with E-state index in [1.54, 1.807) is 26.0 Å². The second kappa shape index (κ2) is 7.60. The van der Waals surface area contributed by atoms with Gasteiger partial charge in [-0.15, -0.1) is 23.5 Å². The predicted molar refractivity (Wildman–Crippen MR) is 128 cm³/mol. The number of rotatable bonds is 2. The first-order valence-corrected chi connectivity index (χ1v) is 13.9. The molecule has 0 amide bonds. The molecule has 2 unspecified atom stereocenters. The molecule has 0 aromatic carbocycles. The van der Waals surface area contributed by atoms with Crippen LogP contribution in [0.2, 0.25) is 0 Å². The molecule has 2 nitrogen and oxygen atoms in total. The highest BCUT2D eigenvalue weighted by Gasteiger charge is 2.84. The van der Waals surface area contributed by atoms with Gasteiger partial charge in [0, 0.05) is 11.1 Å². The number of nitrogens with one attached hydrogen (secondary N) is 2. The van der Waals surface area contributed by atoms with E-state index in [-0.39, 0.29) is 23.0 Å². The van der Waals surface area contributed by atoms with Crippen LogP contribution in [0.1, 0.15) is 39.5 Å². The number of piperidine rings is 2. The SMILES string of the molecule is CC12SC(C3CCNCC3)=CC1=C1C(=C3C=C(C4CCNCC4)SC32C)C(F)(F)C(F)(F)C1(F)F. The van der Waals surface area contributed by atoms with Gasteiger partial charge in [-0.3, -0.25) is 0 Å². The number of allylic oxidation sites excluding steroid dienone is 6. The Bertz CT molecular complexity index is 1010. The summed E-state index contributed by atoms with van der Waals surface area (Å²) >= 11 is 2.86. The molecule has 2 aliphatic carbocycles. The molecule has 10 heteroatoms. The molecule has 0 bridgehead atoms. The van der Waals surface area contributed by atoms with Gasteiger partial charge in [-0.2, -0.15) is 26.3 Å². The van der Waals surface area contributed by atoms with Crippen molar-refractivity contribution in [3.8, 4) is 0 Å². The topological polar surface area (TPSA) is 24.1 Å². The van der Waals surface area contributed by atoms with Gasteiger partial charge in [-0.25, -0.2) is 0 Å². The zero-order valence-electron chi connectivity index (χ0n) is 19.6. The Balaban J connectivity index is 1.58. The van der Waals surface area contributed by atoms with Crippen LogP contribution < -0.4 is 10.6 Å². The fourth-order valence-corrected chi connectivity index (χ4v) is 10.1. The first-order chi connectivity index (χ1) is 16.4. The van der Waals surface area contributed by atoms with Crippen molar-refractivity contribution in [2.45, 2.75) is 66.8 Å². The van der Waals surface area contributed by atoms with Gasteiger partial charge in [-0.05, 0) is 111 Å². The first kappa shape index (κ1) is 24.5. The minimum absolute atomic E-state index is 0.0356. The maximum Gasteiger partial charge on any atom is 0.380 e. The minimum Gasteiger partial charge on any atom is -0.317 e. The zero-order chi connectivity index (χ0) is 25.0. The molecular formula is C25H28F6N2S2. The van der Waals surface area contributed by atoms with Gasteiger partial charge in [0.15, 0.2) is 0 Å². The molecule has 4 aliphatic heterocycles. The molecule has 0 spiro atoms. The molecular weight excluding hydrogens is 506 g/mol. The first-order valence-electron chi connectivity index (χ1n) is 12.2. The van der Waals surface area contributed by atoms with Crippen LogP contribution >= 0.6 is 23.5 Å². The number of halogens is 6. The van der Waals surface area contributed by atoms with Crippen molar-refractivity contribution in [1.29, 1.82) is 0 Å². The summed E-state index contributed by atoms with van der Waals surface area (Å²) in [5.41, 5.74) is -2.34. The minimum atomic E-state index is -5.48. The van der Waals surface area contributed by atoms with E-state index in [9.17, 15) is 8.78 Å². The third kappa shape index (κ3) is 2.97. The van der Waals surface area contributed by atoms with Gasteiger partial charge in [0.25, 0.3) is 0 Å². The Morgan fingerprint density at radius 1 is 0.657 bits per heavy atom. The molecule has 2 N–H and O–H groups in total. The summed E-state index contributed by atoms with van der Waals surface area (Å²) in [5.74, 6) is -15.2. The standard InChI is InChI=1S/C25H28F6N2S2/c1-21-15(11-17(34-21)13-3-7-32-8-4-13)19-20(24(28,29)25(30,31)23(19,26)27)16-12-18(35-22(16,21)2)14-5-9-33-10-6-14/h11-14,32-33H,3-10H2,1-2H3. The quantitative estimate of drug-likeness (QED) is 0.407. The second-order valence-corrected chi connectivity index (χ2v) is 13.7. The van der Waals surface area contributed by atoms with E-state index in [4.69, 9.17) is 0 Å². The molecule has 35 heavy (non-hydrogen) atoms. The molecule has 0 radical (unpaired) electrons. The molecule has 2 atom stereocenters. The van der Waals surface area contributed by atoms with Crippen molar-refractivity contribution < 1.29 is 26.3 Å². The third-order valence-corrected chi connectivity index (χ3v) is 12.4. The smallest absolute Gasteiger partial charge is 0.317 e. The number of fused-ring (bicyclic) bond motifs is 4. The van der Waals surface area contributed by atoms with Crippen LogP contribution in [0, 0.1) is 11.8 Å². The van der Waals surface area contributed by atoms with E-state index in [0.717, 1.165) is 61.7 Å². The van der Waals surface area contributed by atoms with Crippen LogP contribution in [0.5, 0.6) is 0 Å². The molecule has 4 heterocycles. The Labute approximate surface area is 209 Å². The Hall–Kier alpha value is -0.840. The second-order valence-electron chi connectivity index (χ2n) is 10.7. The van der Waals surface area contributed by atoms with E-state index in [2.05, 4.69) is 10.6 Å². The van der Waals surface area contributed by atoms with Crippen LogP contribution in [-0.4, -0.2) is 53.4 Å². The van der Waals surface area contributed by atoms with Crippen molar-refractivity contribution in [2.75, 3.05) is 26.2 Å². The fraction of sp³-hybridized carbons (Fsp3) is 0.680. The Morgan fingerprint density at radius 2 is 1.00 bits per heavy atom. The van der Waals surface area contributed by atoms with Crippen LogP contribution in [0.25, 0.3) is 0 Å². The maximum absolute atomic E-state index is 15.4. The lowest BCUT2D eigenvalue weighted by molar-refractivity contribution is -0.258. The van der Waals surface area contributed by atoms with E-state index >= 15 is 17.6 Å². The molecule has 192 valence electrons. The van der Waals surface area contributed by atoms with Crippen molar-refractivity contribution >= 4 is 23.5 Å². The number of alkyl halides is 6. The van der Waals surface area contributed by atoms with Crippen LogP contribution in [0.4, 0.5) is 26.3 Å². The van der Waals surface area contributed by atoms with Gasteiger partial charge in [0.05, 0.1) is 9.49 Å². The summed E-state index contributed by atoms with van der Waals surface area (Å²) in [5, 5.41) is 6.55. The molecule has 1 saturated carbocycles. The number of thioether (sulfide) groups is 2. The molecule has 2 saturated heterocycles. The van der Waals surface area contributed by atoms with Crippen molar-refractivity contribution in [3.63, 3.8) is 0 Å². The fourth-order valence-electron chi connectivity index (χ4n) is 6.58. The van der Waals surface area contributed by atoms with E-state index in [0.29, 0.717) is 0 Å². The van der Waals surface area contributed by atoms with E-state index < -0.39 is 38.4 Å². The summed E-state index contributed by atoms with van der Waals surface area (Å²) in [4.78, 5) is 1.70. The van der Waals surface area contributed by atoms with Crippen molar-refractivity contribution in [1.82, 2.24) is 10.6 Å². The average Bonchev–Trinajstić information content (AvgIpc) is 3.40. The predicted octanol–water partition coefficient (Wildman–Crippen LogP) is 6.29. The normalized spacial score (nSPS) is 38.3. The highest BCUT2D eigenvalue weighted by atomic mass is 32.2. The third-order valence-electron chi connectivity index (χ3n) is 8.84. The Morgan fingerprint density at radius 3 is 1.34 bits per heavy atom. The highest BCUT2D eigenvalue weighted by Crippen LogP contribution is 2.75. The van der Waals surface area contributed by atoms with Crippen molar-refractivity contribution in [2.24, 2.45) is 11.8 Å². The van der Waals surface area contributed by atoms with E-state index in [1.165, 1.54) is 23.5 Å². The average molecular weight is 535 g/mol. The summed E-state index contributed by atoms with van der Waals surface area (Å²) in [6.07, 6.45) is 6.33. The summed E-state index contributed by atoms with van der Waals surface area (Å²) in [6.45, 7) is 6.69. The lowest BCUT2D eigenvalue weighted by Gasteiger charge is -2.47. The van der Waals surface area contributed by atoms with Crippen LogP contribution in [0.3, 0.4) is 0 Å². The highest BCUT2D eigenvalue weighted by molar-refractivity contribution is 8.09. The molecule has 6 rings (SSSR count). The molecule has 6 aliphatic rings. The monoisotopic (exact) mass is 534 g/mol. The van der Waals surface area contributed by atoms with Crippen LogP contribution in [-0.2, 0) is 0 Å². The summed E-state index contributed by atoms with van der Waals surface area (Å²) in [6, 6.07) is 0. The lowest BCUT2D eigenvalue weighted by Crippen LogP contribution is -2.49. The molecule has 3 fully saturated rings. The zero-order valence-corrected chi connectivity index (χ0v) is 21.2. The van der Waals surface area contributed by atoms with Crippen LogP contribution in [0.15, 0.2) is 44.3 Å². The largest absolute Gasteiger partial charge is 0.380 e. The van der Waals surface area contributed by atoms with Gasteiger partial charge in [0.2, 0.25) is 0 Å². The van der Waals surface area contributed by atoms with E-state index in [1.807, 2.05) is 0 Å². The summed E-state index contributed by atoms with van der Waals surface area (Å²) < 4.78 is 89.0. The molecule has 0 aromatic heterocycles. The lowest BCUT2D eigenvalue weighted by atomic mass is 9.71.